The average molecular weight is 782 g/mol. The lowest BCUT2D eigenvalue weighted by Gasteiger charge is -2.34. The van der Waals surface area contributed by atoms with Crippen LogP contribution in [0.3, 0.4) is 0 Å². The van der Waals surface area contributed by atoms with Crippen LogP contribution in [0, 0.1) is 5.41 Å². The standard InChI is InChI=1S/C59H59N/c1-55(2,3)36-37-20-24-40(25-21-37)60(41-26-30-45-43-16-12-14-18-49(43)58(10,11)51(45)34-41)42-27-31-48-44-17-13-15-19-50(44)59(54(48)35-42)52-32-38(56(4,5)6)22-28-46(52)47-29-23-39(33-53(47)59)57(7,8)9/h12-35H,36H2,1-11H3. The Morgan fingerprint density at radius 2 is 0.783 bits per heavy atom. The second-order valence-electron chi connectivity index (χ2n) is 21.7. The molecule has 0 heterocycles. The summed E-state index contributed by atoms with van der Waals surface area (Å²) in [4.78, 5) is 2.52. The van der Waals surface area contributed by atoms with E-state index in [9.17, 15) is 0 Å². The Hall–Kier alpha value is -5.66. The van der Waals surface area contributed by atoms with Gasteiger partial charge in [0.2, 0.25) is 0 Å². The maximum Gasteiger partial charge on any atom is 0.0726 e. The van der Waals surface area contributed by atoms with Crippen LogP contribution in [0.5, 0.6) is 0 Å². The molecule has 0 atom stereocenters. The van der Waals surface area contributed by atoms with Crippen molar-refractivity contribution in [1.29, 1.82) is 0 Å². The number of hydrogen-bond donors (Lipinski definition) is 0. The zero-order valence-electron chi connectivity index (χ0n) is 37.5. The minimum atomic E-state index is -0.473. The fourth-order valence-electron chi connectivity index (χ4n) is 10.9. The monoisotopic (exact) mass is 781 g/mol. The molecule has 60 heavy (non-hydrogen) atoms. The molecule has 0 unspecified atom stereocenters. The number of anilines is 3. The normalized spacial score (nSPS) is 15.2. The molecule has 3 aliphatic rings. The highest BCUT2D eigenvalue weighted by molar-refractivity contribution is 5.97. The zero-order chi connectivity index (χ0) is 42.1. The second-order valence-corrected chi connectivity index (χ2v) is 21.7. The fourth-order valence-corrected chi connectivity index (χ4v) is 10.9. The molecule has 0 aliphatic heterocycles. The number of nitrogens with zero attached hydrogens (tertiary/aromatic N) is 1. The number of rotatable bonds is 4. The SMILES string of the molecule is CC(C)(C)Cc1ccc(N(c2ccc3c(c2)C(C)(C)c2ccccc2-3)c2ccc3c(c2)C2(c4ccccc4-3)c3cc(C(C)(C)C)ccc3-c3ccc(C(C)(C)C)cc32)cc1. The van der Waals surface area contributed by atoms with Gasteiger partial charge in [-0.1, -0.05) is 185 Å². The first-order valence-corrected chi connectivity index (χ1v) is 22.1. The molecule has 0 radical (unpaired) electrons. The lowest BCUT2D eigenvalue weighted by molar-refractivity contribution is 0.411. The highest BCUT2D eigenvalue weighted by atomic mass is 15.1. The fraction of sp³-hybridized carbons (Fsp3) is 0.288. The minimum Gasteiger partial charge on any atom is -0.310 e. The van der Waals surface area contributed by atoms with Gasteiger partial charge in [0.15, 0.2) is 0 Å². The third-order valence-electron chi connectivity index (χ3n) is 13.9. The van der Waals surface area contributed by atoms with Crippen LogP contribution in [0.1, 0.15) is 126 Å². The molecule has 0 aromatic heterocycles. The maximum atomic E-state index is 2.55. The van der Waals surface area contributed by atoms with E-state index in [1.807, 2.05) is 0 Å². The van der Waals surface area contributed by atoms with E-state index in [0.717, 1.165) is 6.42 Å². The molecule has 7 aromatic rings. The van der Waals surface area contributed by atoms with Gasteiger partial charge in [-0.2, -0.15) is 0 Å². The van der Waals surface area contributed by atoms with Gasteiger partial charge < -0.3 is 4.90 Å². The Balaban J connectivity index is 1.24. The zero-order valence-corrected chi connectivity index (χ0v) is 37.5. The summed E-state index contributed by atoms with van der Waals surface area (Å²) in [5.41, 5.74) is 23.6. The van der Waals surface area contributed by atoms with E-state index in [-0.39, 0.29) is 21.7 Å². The van der Waals surface area contributed by atoms with Gasteiger partial charge in [-0.3, -0.25) is 0 Å². The molecule has 1 spiro atoms. The summed E-state index contributed by atoms with van der Waals surface area (Å²) >= 11 is 0. The van der Waals surface area contributed by atoms with Gasteiger partial charge in [0.05, 0.1) is 5.41 Å². The Bertz CT molecular complexity index is 2800. The van der Waals surface area contributed by atoms with Gasteiger partial charge in [-0.15, -0.1) is 0 Å². The largest absolute Gasteiger partial charge is 0.310 e. The van der Waals surface area contributed by atoms with Crippen LogP contribution >= 0.6 is 0 Å². The van der Waals surface area contributed by atoms with E-state index in [2.05, 4.69) is 227 Å². The molecule has 3 aliphatic carbocycles. The van der Waals surface area contributed by atoms with Crippen molar-refractivity contribution in [2.24, 2.45) is 5.41 Å². The Labute approximate surface area is 359 Å². The molecule has 1 heteroatoms. The molecule has 7 aromatic carbocycles. The van der Waals surface area contributed by atoms with E-state index in [4.69, 9.17) is 0 Å². The van der Waals surface area contributed by atoms with Gasteiger partial charge in [-0.25, -0.2) is 0 Å². The van der Waals surface area contributed by atoms with Crippen molar-refractivity contribution < 1.29 is 0 Å². The van der Waals surface area contributed by atoms with E-state index in [0.29, 0.717) is 0 Å². The summed E-state index contributed by atoms with van der Waals surface area (Å²) in [6, 6.07) is 56.8. The summed E-state index contributed by atoms with van der Waals surface area (Å²) < 4.78 is 0. The van der Waals surface area contributed by atoms with Crippen LogP contribution in [0.15, 0.2) is 146 Å². The molecule has 300 valence electrons. The Morgan fingerprint density at radius 1 is 0.383 bits per heavy atom. The van der Waals surface area contributed by atoms with Crippen molar-refractivity contribution in [3.05, 3.63) is 196 Å². The highest BCUT2D eigenvalue weighted by Crippen LogP contribution is 2.64. The van der Waals surface area contributed by atoms with E-state index >= 15 is 0 Å². The first-order valence-electron chi connectivity index (χ1n) is 22.1. The molecule has 10 rings (SSSR count). The van der Waals surface area contributed by atoms with Crippen molar-refractivity contribution in [2.75, 3.05) is 4.90 Å². The van der Waals surface area contributed by atoms with E-state index in [1.54, 1.807) is 0 Å². The first-order chi connectivity index (χ1) is 28.4. The van der Waals surface area contributed by atoms with Crippen molar-refractivity contribution in [1.82, 2.24) is 0 Å². The van der Waals surface area contributed by atoms with Crippen LogP contribution in [-0.4, -0.2) is 0 Å². The van der Waals surface area contributed by atoms with E-state index < -0.39 is 5.41 Å². The molecular formula is C59H59N. The van der Waals surface area contributed by atoms with Gasteiger partial charge >= 0.3 is 0 Å². The topological polar surface area (TPSA) is 3.24 Å². The molecule has 0 amide bonds. The van der Waals surface area contributed by atoms with Crippen molar-refractivity contribution in [3.8, 4) is 33.4 Å². The average Bonchev–Trinajstić information content (AvgIpc) is 3.75. The molecule has 0 fully saturated rings. The Kier molecular flexibility index (Phi) is 8.30. The summed E-state index contributed by atoms with van der Waals surface area (Å²) in [7, 11) is 0. The summed E-state index contributed by atoms with van der Waals surface area (Å²) in [6.07, 6.45) is 1.03. The quantitative estimate of drug-likeness (QED) is 0.172. The molecular weight excluding hydrogens is 723 g/mol. The number of hydrogen-bond acceptors (Lipinski definition) is 1. The second kappa shape index (κ2) is 12.9. The third kappa shape index (κ3) is 5.72. The van der Waals surface area contributed by atoms with Gasteiger partial charge in [-0.05, 0) is 143 Å². The van der Waals surface area contributed by atoms with Crippen molar-refractivity contribution >= 4 is 17.1 Å². The molecule has 0 N–H and O–H groups in total. The van der Waals surface area contributed by atoms with Gasteiger partial charge in [0.25, 0.3) is 0 Å². The summed E-state index contributed by atoms with van der Waals surface area (Å²) in [6.45, 7) is 25.8. The third-order valence-corrected chi connectivity index (χ3v) is 13.9. The van der Waals surface area contributed by atoms with Crippen LogP contribution in [0.25, 0.3) is 33.4 Å². The predicted molar refractivity (Wildman–Crippen MR) is 256 cm³/mol. The van der Waals surface area contributed by atoms with Crippen LogP contribution < -0.4 is 4.90 Å². The molecule has 0 bridgehead atoms. The highest BCUT2D eigenvalue weighted by Gasteiger charge is 2.52. The minimum absolute atomic E-state index is 0.00131. The Morgan fingerprint density at radius 3 is 1.30 bits per heavy atom. The van der Waals surface area contributed by atoms with Gasteiger partial charge in [0.1, 0.15) is 0 Å². The van der Waals surface area contributed by atoms with Crippen molar-refractivity contribution in [3.63, 3.8) is 0 Å². The summed E-state index contributed by atoms with van der Waals surface area (Å²) in [5, 5.41) is 0. The van der Waals surface area contributed by atoms with Crippen LogP contribution in [0.2, 0.25) is 0 Å². The summed E-state index contributed by atoms with van der Waals surface area (Å²) in [5.74, 6) is 0. The molecule has 1 nitrogen and oxygen atoms in total. The van der Waals surface area contributed by atoms with Crippen molar-refractivity contribution in [2.45, 2.75) is 104 Å². The molecule has 0 saturated carbocycles. The first kappa shape index (κ1) is 38.5. The van der Waals surface area contributed by atoms with Crippen LogP contribution in [0.4, 0.5) is 17.1 Å². The number of benzene rings is 7. The lowest BCUT2D eigenvalue weighted by Crippen LogP contribution is -2.27. The predicted octanol–water partition coefficient (Wildman–Crippen LogP) is 16.0. The number of fused-ring (bicyclic) bond motifs is 13. The van der Waals surface area contributed by atoms with Gasteiger partial charge in [0, 0.05) is 22.5 Å². The smallest absolute Gasteiger partial charge is 0.0726 e. The lowest BCUT2D eigenvalue weighted by atomic mass is 9.68. The van der Waals surface area contributed by atoms with Crippen LogP contribution in [-0.2, 0) is 28.1 Å². The van der Waals surface area contributed by atoms with E-state index in [1.165, 1.54) is 101 Å². The maximum absolute atomic E-state index is 2.55. The molecule has 0 saturated heterocycles.